The molecule has 2 rings (SSSR count). The predicted octanol–water partition coefficient (Wildman–Crippen LogP) is 1.07. The number of nitrogens with zero attached hydrogens (tertiary/aromatic N) is 3. The lowest BCUT2D eigenvalue weighted by atomic mass is 10.2. The van der Waals surface area contributed by atoms with E-state index in [9.17, 15) is 0 Å². The number of nitrogens with one attached hydrogen (secondary N) is 1. The van der Waals surface area contributed by atoms with Crippen molar-refractivity contribution in [2.75, 3.05) is 38.8 Å². The van der Waals surface area contributed by atoms with Gasteiger partial charge in [-0.25, -0.2) is 0 Å². The summed E-state index contributed by atoms with van der Waals surface area (Å²) in [5.41, 5.74) is 0. The van der Waals surface area contributed by atoms with Gasteiger partial charge < -0.3 is 19.7 Å². The largest absolute Gasteiger partial charge is 0.481 e. The van der Waals surface area contributed by atoms with Gasteiger partial charge in [0.25, 0.3) is 0 Å². The van der Waals surface area contributed by atoms with Crippen molar-refractivity contribution in [3.63, 3.8) is 0 Å². The molecule has 0 spiro atoms. The number of ether oxygens (including phenoxy) is 2. The minimum atomic E-state index is 0.441. The fraction of sp³-hybridized carbons (Fsp3) is 0.692. The first-order chi connectivity index (χ1) is 9.28. The van der Waals surface area contributed by atoms with Crippen molar-refractivity contribution in [1.82, 2.24) is 15.3 Å². The van der Waals surface area contributed by atoms with E-state index < -0.39 is 0 Å². The minimum absolute atomic E-state index is 0.441. The van der Waals surface area contributed by atoms with Crippen LogP contribution < -0.4 is 19.7 Å². The second-order valence-corrected chi connectivity index (χ2v) is 4.59. The van der Waals surface area contributed by atoms with Crippen LogP contribution in [0.5, 0.6) is 11.8 Å². The zero-order valence-electron chi connectivity index (χ0n) is 11.8. The summed E-state index contributed by atoms with van der Waals surface area (Å²) < 4.78 is 10.4. The summed E-state index contributed by atoms with van der Waals surface area (Å²) in [7, 11) is 3.21. The maximum Gasteiger partial charge on any atom is 0.232 e. The molecule has 2 heterocycles. The molecule has 1 aromatic rings. The van der Waals surface area contributed by atoms with Crippen LogP contribution in [0.25, 0.3) is 0 Å². The first-order valence-corrected chi connectivity index (χ1v) is 6.73. The second kappa shape index (κ2) is 6.56. The van der Waals surface area contributed by atoms with Crippen LogP contribution in [0, 0.1) is 0 Å². The van der Waals surface area contributed by atoms with Crippen LogP contribution in [-0.2, 0) is 0 Å². The van der Waals surface area contributed by atoms with Crippen molar-refractivity contribution >= 4 is 5.95 Å². The van der Waals surface area contributed by atoms with E-state index in [1.54, 1.807) is 20.3 Å². The fourth-order valence-corrected chi connectivity index (χ4v) is 2.32. The predicted molar refractivity (Wildman–Crippen MR) is 74.0 cm³/mol. The third kappa shape index (κ3) is 3.26. The lowest BCUT2D eigenvalue weighted by Crippen LogP contribution is -2.38. The summed E-state index contributed by atoms with van der Waals surface area (Å²) in [4.78, 5) is 11.1. The Morgan fingerprint density at radius 2 is 2.00 bits per heavy atom. The Balaban J connectivity index is 2.28. The van der Waals surface area contributed by atoms with Crippen molar-refractivity contribution < 1.29 is 9.47 Å². The summed E-state index contributed by atoms with van der Waals surface area (Å²) >= 11 is 0. The van der Waals surface area contributed by atoms with Gasteiger partial charge >= 0.3 is 0 Å². The van der Waals surface area contributed by atoms with Gasteiger partial charge in [-0.05, 0) is 19.4 Å². The maximum atomic E-state index is 5.21. The van der Waals surface area contributed by atoms with Gasteiger partial charge in [0.15, 0.2) is 0 Å². The Hall–Kier alpha value is -1.56. The van der Waals surface area contributed by atoms with Crippen molar-refractivity contribution in [3.8, 4) is 11.8 Å². The zero-order chi connectivity index (χ0) is 13.7. The van der Waals surface area contributed by atoms with Gasteiger partial charge in [0.1, 0.15) is 0 Å². The van der Waals surface area contributed by atoms with E-state index in [4.69, 9.17) is 9.47 Å². The molecule has 6 nitrogen and oxygen atoms in total. The van der Waals surface area contributed by atoms with E-state index in [-0.39, 0.29) is 0 Å². The van der Waals surface area contributed by atoms with Gasteiger partial charge in [0.2, 0.25) is 17.7 Å². The highest BCUT2D eigenvalue weighted by molar-refractivity contribution is 5.38. The van der Waals surface area contributed by atoms with Crippen LogP contribution in [0.3, 0.4) is 0 Å². The SMILES string of the molecule is CCCN(c1nc(OC)cc(OC)n1)C1CCNC1. The molecule has 0 radical (unpaired) electrons. The molecule has 1 aliphatic rings. The Labute approximate surface area is 114 Å². The molecule has 1 fully saturated rings. The van der Waals surface area contributed by atoms with Crippen molar-refractivity contribution in [2.45, 2.75) is 25.8 Å². The minimum Gasteiger partial charge on any atom is -0.481 e. The van der Waals surface area contributed by atoms with Gasteiger partial charge in [-0.1, -0.05) is 6.92 Å². The molecule has 19 heavy (non-hydrogen) atoms. The smallest absolute Gasteiger partial charge is 0.232 e. The molecule has 0 amide bonds. The number of aromatic nitrogens is 2. The number of hydrogen-bond donors (Lipinski definition) is 1. The van der Waals surface area contributed by atoms with Gasteiger partial charge in [0.05, 0.1) is 20.3 Å². The molecule has 1 aromatic heterocycles. The van der Waals surface area contributed by atoms with Crippen LogP contribution >= 0.6 is 0 Å². The number of rotatable bonds is 6. The topological polar surface area (TPSA) is 59.5 Å². The quantitative estimate of drug-likeness (QED) is 0.831. The lowest BCUT2D eigenvalue weighted by molar-refractivity contribution is 0.370. The Morgan fingerprint density at radius 1 is 1.32 bits per heavy atom. The average Bonchev–Trinajstić information content (AvgIpc) is 2.97. The molecular weight excluding hydrogens is 244 g/mol. The summed E-state index contributed by atoms with van der Waals surface area (Å²) in [6.07, 6.45) is 2.17. The van der Waals surface area contributed by atoms with Crippen LogP contribution in [0.15, 0.2) is 6.07 Å². The van der Waals surface area contributed by atoms with Crippen molar-refractivity contribution in [2.24, 2.45) is 0 Å². The van der Waals surface area contributed by atoms with Gasteiger partial charge in [0, 0.05) is 19.1 Å². The van der Waals surface area contributed by atoms with Crippen LogP contribution in [0.1, 0.15) is 19.8 Å². The first kappa shape index (κ1) is 13.9. The molecule has 0 aliphatic carbocycles. The van der Waals surface area contributed by atoms with E-state index >= 15 is 0 Å². The normalized spacial score (nSPS) is 18.4. The van der Waals surface area contributed by atoms with E-state index in [0.29, 0.717) is 23.8 Å². The summed E-state index contributed by atoms with van der Waals surface area (Å²) in [6, 6.07) is 2.14. The van der Waals surface area contributed by atoms with Gasteiger partial charge in [-0.2, -0.15) is 9.97 Å². The van der Waals surface area contributed by atoms with Crippen molar-refractivity contribution in [1.29, 1.82) is 0 Å². The zero-order valence-corrected chi connectivity index (χ0v) is 11.8. The van der Waals surface area contributed by atoms with Gasteiger partial charge in [-0.15, -0.1) is 0 Å². The molecule has 0 saturated carbocycles. The lowest BCUT2D eigenvalue weighted by Gasteiger charge is -2.28. The fourth-order valence-electron chi connectivity index (χ4n) is 2.32. The monoisotopic (exact) mass is 266 g/mol. The molecule has 106 valence electrons. The molecule has 1 aliphatic heterocycles. The molecule has 0 bridgehead atoms. The maximum absolute atomic E-state index is 5.21. The van der Waals surface area contributed by atoms with E-state index in [1.807, 2.05) is 0 Å². The highest BCUT2D eigenvalue weighted by Crippen LogP contribution is 2.23. The second-order valence-electron chi connectivity index (χ2n) is 4.59. The Morgan fingerprint density at radius 3 is 2.47 bits per heavy atom. The van der Waals surface area contributed by atoms with Crippen molar-refractivity contribution in [3.05, 3.63) is 6.07 Å². The number of hydrogen-bond acceptors (Lipinski definition) is 6. The third-order valence-corrected chi connectivity index (χ3v) is 3.28. The highest BCUT2D eigenvalue weighted by Gasteiger charge is 2.24. The molecule has 6 heteroatoms. The number of anilines is 1. The van der Waals surface area contributed by atoms with Crippen LogP contribution in [0.2, 0.25) is 0 Å². The Bertz CT molecular complexity index is 385. The Kier molecular flexibility index (Phi) is 4.79. The standard InChI is InChI=1S/C13H22N4O2/c1-4-7-17(10-5-6-14-9-10)13-15-11(18-2)8-12(16-13)19-3/h8,10,14H,4-7,9H2,1-3H3. The highest BCUT2D eigenvalue weighted by atomic mass is 16.5. The van der Waals surface area contributed by atoms with E-state index in [1.165, 1.54) is 0 Å². The average molecular weight is 266 g/mol. The summed E-state index contributed by atoms with van der Waals surface area (Å²) in [5.74, 6) is 1.76. The molecule has 1 saturated heterocycles. The molecule has 1 atom stereocenters. The summed E-state index contributed by atoms with van der Waals surface area (Å²) in [6.45, 7) is 5.12. The third-order valence-electron chi connectivity index (χ3n) is 3.28. The molecular formula is C13H22N4O2. The van der Waals surface area contributed by atoms with Crippen LogP contribution in [-0.4, -0.2) is 49.9 Å². The first-order valence-electron chi connectivity index (χ1n) is 6.73. The van der Waals surface area contributed by atoms with Gasteiger partial charge in [-0.3, -0.25) is 0 Å². The van der Waals surface area contributed by atoms with E-state index in [0.717, 1.165) is 32.5 Å². The molecule has 1 N–H and O–H groups in total. The molecule has 1 unspecified atom stereocenters. The molecule has 0 aromatic carbocycles. The van der Waals surface area contributed by atoms with E-state index in [2.05, 4.69) is 27.1 Å². The number of methoxy groups -OCH3 is 2. The summed E-state index contributed by atoms with van der Waals surface area (Å²) in [5, 5.41) is 3.38. The van der Waals surface area contributed by atoms with Crippen LogP contribution in [0.4, 0.5) is 5.95 Å².